The van der Waals surface area contributed by atoms with Gasteiger partial charge in [0, 0.05) is 23.3 Å². The number of ether oxygens (including phenoxy) is 1. The Hall–Kier alpha value is -1.00. The van der Waals surface area contributed by atoms with Gasteiger partial charge in [-0.25, -0.2) is 0 Å². The highest BCUT2D eigenvalue weighted by atomic mass is 35.5. The molecule has 20 heavy (non-hydrogen) atoms. The molecule has 0 saturated heterocycles. The molecule has 2 unspecified atom stereocenters. The first-order valence-corrected chi connectivity index (χ1v) is 7.51. The number of para-hydroxylation sites is 1. The minimum Gasteiger partial charge on any atom is -0.482 e. The minimum absolute atomic E-state index is 0.0454. The highest BCUT2D eigenvalue weighted by Gasteiger charge is 2.54. The van der Waals surface area contributed by atoms with Gasteiger partial charge in [-0.05, 0) is 18.9 Å². The van der Waals surface area contributed by atoms with Crippen LogP contribution in [0.3, 0.4) is 0 Å². The standard InChI is InChI=1S/C14H17Cl2NO3/c1-3-14(4-2)11(16)8-12(14)20-13-9(15)6-5-7-10(13)17(18)19/h5-7,11-12H,3-4,8H2,1-2H3. The third-order valence-corrected chi connectivity index (χ3v) is 5.32. The Morgan fingerprint density at radius 2 is 2.10 bits per heavy atom. The first-order chi connectivity index (χ1) is 9.46. The van der Waals surface area contributed by atoms with Crippen LogP contribution in [-0.2, 0) is 0 Å². The number of nitrogens with zero attached hydrogens (tertiary/aromatic N) is 1. The van der Waals surface area contributed by atoms with E-state index in [-0.39, 0.29) is 33.4 Å². The Morgan fingerprint density at radius 3 is 2.60 bits per heavy atom. The van der Waals surface area contributed by atoms with E-state index >= 15 is 0 Å². The average molecular weight is 318 g/mol. The summed E-state index contributed by atoms with van der Waals surface area (Å²) in [5.41, 5.74) is -0.231. The van der Waals surface area contributed by atoms with Crippen molar-refractivity contribution < 1.29 is 9.66 Å². The van der Waals surface area contributed by atoms with Gasteiger partial charge < -0.3 is 4.74 Å². The van der Waals surface area contributed by atoms with Crippen molar-refractivity contribution in [3.63, 3.8) is 0 Å². The molecule has 1 aliphatic rings. The van der Waals surface area contributed by atoms with E-state index in [1.165, 1.54) is 6.07 Å². The Balaban J connectivity index is 2.30. The topological polar surface area (TPSA) is 52.4 Å². The van der Waals surface area contributed by atoms with Crippen LogP contribution in [0, 0.1) is 15.5 Å². The van der Waals surface area contributed by atoms with Crippen LogP contribution in [0.15, 0.2) is 18.2 Å². The van der Waals surface area contributed by atoms with Gasteiger partial charge in [0.15, 0.2) is 0 Å². The van der Waals surface area contributed by atoms with Crippen LogP contribution < -0.4 is 4.74 Å². The molecule has 0 spiro atoms. The zero-order chi connectivity index (χ0) is 14.9. The Kier molecular flexibility index (Phi) is 4.45. The van der Waals surface area contributed by atoms with E-state index in [1.807, 2.05) is 0 Å². The molecule has 0 aromatic heterocycles. The van der Waals surface area contributed by atoms with Gasteiger partial charge in [-0.15, -0.1) is 11.6 Å². The van der Waals surface area contributed by atoms with Gasteiger partial charge in [0.2, 0.25) is 5.75 Å². The first-order valence-electron chi connectivity index (χ1n) is 6.69. The number of benzene rings is 1. The molecule has 0 amide bonds. The summed E-state index contributed by atoms with van der Waals surface area (Å²) < 4.78 is 5.88. The highest BCUT2D eigenvalue weighted by molar-refractivity contribution is 6.32. The van der Waals surface area contributed by atoms with Crippen molar-refractivity contribution in [2.75, 3.05) is 0 Å². The molecule has 1 aromatic rings. The SMILES string of the molecule is CCC1(CC)C(Cl)CC1Oc1c(Cl)cccc1[N+](=O)[O-]. The molecule has 1 aliphatic carbocycles. The van der Waals surface area contributed by atoms with E-state index in [2.05, 4.69) is 13.8 Å². The Labute approximate surface area is 128 Å². The summed E-state index contributed by atoms with van der Waals surface area (Å²) in [6.45, 7) is 4.13. The van der Waals surface area contributed by atoms with E-state index in [9.17, 15) is 10.1 Å². The summed E-state index contributed by atoms with van der Waals surface area (Å²) in [5, 5.41) is 11.4. The fourth-order valence-electron chi connectivity index (χ4n) is 2.91. The van der Waals surface area contributed by atoms with Crippen molar-refractivity contribution >= 4 is 28.9 Å². The van der Waals surface area contributed by atoms with E-state index in [0.29, 0.717) is 6.42 Å². The Morgan fingerprint density at radius 1 is 1.45 bits per heavy atom. The zero-order valence-corrected chi connectivity index (χ0v) is 12.9. The lowest BCUT2D eigenvalue weighted by atomic mass is 9.62. The maximum Gasteiger partial charge on any atom is 0.312 e. The third kappa shape index (κ3) is 2.35. The molecule has 110 valence electrons. The number of halogens is 2. The number of nitro groups is 1. The lowest BCUT2D eigenvalue weighted by Crippen LogP contribution is -2.56. The van der Waals surface area contributed by atoms with E-state index in [1.54, 1.807) is 12.1 Å². The molecule has 0 bridgehead atoms. The third-order valence-electron chi connectivity index (χ3n) is 4.41. The molecular formula is C14H17Cl2NO3. The second-order valence-corrected chi connectivity index (χ2v) is 6.03. The van der Waals surface area contributed by atoms with Crippen molar-refractivity contribution in [3.8, 4) is 5.75 Å². The maximum absolute atomic E-state index is 11.1. The van der Waals surface area contributed by atoms with Gasteiger partial charge in [-0.2, -0.15) is 0 Å². The second-order valence-electron chi connectivity index (χ2n) is 5.10. The minimum atomic E-state index is -0.475. The molecule has 1 aromatic carbocycles. The molecule has 6 heteroatoms. The van der Waals surface area contributed by atoms with Gasteiger partial charge in [-0.1, -0.05) is 31.5 Å². The van der Waals surface area contributed by atoms with Crippen LogP contribution in [0.2, 0.25) is 5.02 Å². The van der Waals surface area contributed by atoms with Crippen molar-refractivity contribution in [2.24, 2.45) is 5.41 Å². The number of alkyl halides is 1. The van der Waals surface area contributed by atoms with Crippen LogP contribution in [0.5, 0.6) is 5.75 Å². The summed E-state index contributed by atoms with van der Waals surface area (Å²) >= 11 is 12.4. The fraction of sp³-hybridized carbons (Fsp3) is 0.571. The van der Waals surface area contributed by atoms with Crippen LogP contribution in [0.4, 0.5) is 5.69 Å². The predicted octanol–water partition coefficient (Wildman–Crippen LogP) is 4.81. The van der Waals surface area contributed by atoms with Gasteiger partial charge in [0.05, 0.1) is 9.95 Å². The molecule has 2 atom stereocenters. The molecule has 2 rings (SSSR count). The van der Waals surface area contributed by atoms with Crippen LogP contribution in [-0.4, -0.2) is 16.4 Å². The normalized spacial score (nSPS) is 24.0. The number of nitro benzene ring substituents is 1. The summed E-state index contributed by atoms with van der Waals surface area (Å²) in [7, 11) is 0. The number of rotatable bonds is 5. The van der Waals surface area contributed by atoms with Crippen LogP contribution in [0.25, 0.3) is 0 Å². The molecule has 0 N–H and O–H groups in total. The highest BCUT2D eigenvalue weighted by Crippen LogP contribution is 2.53. The molecule has 1 saturated carbocycles. The number of hydrogen-bond donors (Lipinski definition) is 0. The fourth-order valence-corrected chi connectivity index (χ4v) is 3.74. The molecule has 1 fully saturated rings. The summed E-state index contributed by atoms with van der Waals surface area (Å²) in [5.74, 6) is 0.152. The summed E-state index contributed by atoms with van der Waals surface area (Å²) in [4.78, 5) is 10.6. The van der Waals surface area contributed by atoms with Crippen molar-refractivity contribution in [3.05, 3.63) is 33.3 Å². The van der Waals surface area contributed by atoms with E-state index in [4.69, 9.17) is 27.9 Å². The summed E-state index contributed by atoms with van der Waals surface area (Å²) in [6, 6.07) is 4.54. The Bertz CT molecular complexity index is 517. The first kappa shape index (κ1) is 15.4. The maximum atomic E-state index is 11.1. The monoisotopic (exact) mass is 317 g/mol. The lowest BCUT2D eigenvalue weighted by Gasteiger charge is -2.52. The van der Waals surface area contributed by atoms with Gasteiger partial charge in [-0.3, -0.25) is 10.1 Å². The quantitative estimate of drug-likeness (QED) is 0.444. The van der Waals surface area contributed by atoms with Gasteiger partial charge in [0.25, 0.3) is 0 Å². The van der Waals surface area contributed by atoms with E-state index in [0.717, 1.165) is 12.8 Å². The van der Waals surface area contributed by atoms with Crippen molar-refractivity contribution in [1.82, 2.24) is 0 Å². The van der Waals surface area contributed by atoms with Crippen molar-refractivity contribution in [1.29, 1.82) is 0 Å². The predicted molar refractivity (Wildman–Crippen MR) is 79.8 cm³/mol. The number of hydrogen-bond acceptors (Lipinski definition) is 3. The second kappa shape index (κ2) is 5.78. The molecule has 4 nitrogen and oxygen atoms in total. The van der Waals surface area contributed by atoms with Crippen LogP contribution in [0.1, 0.15) is 33.1 Å². The lowest BCUT2D eigenvalue weighted by molar-refractivity contribution is -0.386. The molecule has 0 aliphatic heterocycles. The van der Waals surface area contributed by atoms with Gasteiger partial charge >= 0.3 is 5.69 Å². The largest absolute Gasteiger partial charge is 0.482 e. The van der Waals surface area contributed by atoms with E-state index < -0.39 is 4.92 Å². The molecule has 0 heterocycles. The van der Waals surface area contributed by atoms with Gasteiger partial charge in [0.1, 0.15) is 6.10 Å². The van der Waals surface area contributed by atoms with Crippen molar-refractivity contribution in [2.45, 2.75) is 44.6 Å². The zero-order valence-electron chi connectivity index (χ0n) is 11.4. The smallest absolute Gasteiger partial charge is 0.312 e. The molecule has 0 radical (unpaired) electrons. The average Bonchev–Trinajstić information content (AvgIpc) is 2.41. The van der Waals surface area contributed by atoms with Crippen LogP contribution >= 0.6 is 23.2 Å². The summed E-state index contributed by atoms with van der Waals surface area (Å²) in [6.07, 6.45) is 2.31. The molecular weight excluding hydrogens is 301 g/mol.